The third kappa shape index (κ3) is 1.92. The van der Waals surface area contributed by atoms with Crippen molar-refractivity contribution in [3.8, 4) is 5.75 Å². The molecular weight excluding hydrogens is 248 g/mol. The van der Waals surface area contributed by atoms with Crippen LogP contribution in [0.2, 0.25) is 0 Å². The molecular formula is C13H17N2O4. The standard InChI is InChI=1S/C13H17N2O4/c1-12(2)13(3,4)15(17)11(14-12)9-6-8(16)10(18-5)7-19-9/h6-7H,1-5H3. The van der Waals surface area contributed by atoms with Crippen LogP contribution in [0.1, 0.15) is 33.5 Å². The summed E-state index contributed by atoms with van der Waals surface area (Å²) in [6.07, 6.45) is 1.19. The van der Waals surface area contributed by atoms with Crippen molar-refractivity contribution >= 4 is 5.84 Å². The minimum atomic E-state index is -0.708. The monoisotopic (exact) mass is 265 g/mol. The van der Waals surface area contributed by atoms with E-state index >= 15 is 0 Å². The van der Waals surface area contributed by atoms with Crippen LogP contribution < -0.4 is 10.2 Å². The number of hydrogen-bond acceptors (Lipinski definition) is 5. The van der Waals surface area contributed by atoms with Crippen LogP contribution in [0.15, 0.2) is 26.5 Å². The molecule has 2 rings (SSSR count). The van der Waals surface area contributed by atoms with E-state index in [0.29, 0.717) is 0 Å². The predicted molar refractivity (Wildman–Crippen MR) is 68.8 cm³/mol. The highest BCUT2D eigenvalue weighted by molar-refractivity contribution is 5.97. The Morgan fingerprint density at radius 1 is 1.32 bits per heavy atom. The Bertz CT molecular complexity index is 587. The van der Waals surface area contributed by atoms with Crippen molar-refractivity contribution in [3.63, 3.8) is 0 Å². The predicted octanol–water partition coefficient (Wildman–Crippen LogP) is 1.61. The van der Waals surface area contributed by atoms with E-state index in [1.54, 1.807) is 13.8 Å². The fourth-order valence-corrected chi connectivity index (χ4v) is 1.78. The number of hydroxylamine groups is 2. The van der Waals surface area contributed by atoms with Crippen LogP contribution >= 0.6 is 0 Å². The molecule has 0 bridgehead atoms. The van der Waals surface area contributed by atoms with Gasteiger partial charge in [-0.25, -0.2) is 0 Å². The molecule has 1 aliphatic rings. The summed E-state index contributed by atoms with van der Waals surface area (Å²) < 4.78 is 10.1. The van der Waals surface area contributed by atoms with Crippen LogP contribution in [-0.4, -0.2) is 29.1 Å². The first-order chi connectivity index (χ1) is 8.70. The third-order valence-electron chi connectivity index (χ3n) is 3.82. The van der Waals surface area contributed by atoms with Gasteiger partial charge >= 0.3 is 0 Å². The van der Waals surface area contributed by atoms with Crippen molar-refractivity contribution in [2.45, 2.75) is 38.8 Å². The van der Waals surface area contributed by atoms with Crippen LogP contribution in [0.25, 0.3) is 0 Å². The molecule has 0 aliphatic carbocycles. The van der Waals surface area contributed by atoms with Crippen molar-refractivity contribution in [1.29, 1.82) is 0 Å². The van der Waals surface area contributed by atoms with Crippen LogP contribution in [0.4, 0.5) is 0 Å². The molecule has 2 heterocycles. The molecule has 1 aromatic heterocycles. The second-order valence-corrected chi connectivity index (χ2v) is 5.52. The molecule has 0 N–H and O–H groups in total. The maximum atomic E-state index is 12.3. The Morgan fingerprint density at radius 2 is 1.95 bits per heavy atom. The Balaban J connectivity index is 2.49. The van der Waals surface area contributed by atoms with E-state index in [-0.39, 0.29) is 22.8 Å². The molecule has 0 unspecified atom stereocenters. The van der Waals surface area contributed by atoms with Crippen molar-refractivity contribution < 1.29 is 14.4 Å². The van der Waals surface area contributed by atoms with E-state index in [2.05, 4.69) is 4.99 Å². The molecule has 0 fully saturated rings. The first-order valence-corrected chi connectivity index (χ1v) is 5.95. The van der Waals surface area contributed by atoms with Gasteiger partial charge in [0.05, 0.1) is 18.2 Å². The molecule has 0 aromatic carbocycles. The zero-order valence-corrected chi connectivity index (χ0v) is 11.7. The summed E-state index contributed by atoms with van der Waals surface area (Å²) in [5.74, 6) is 0.382. The quantitative estimate of drug-likeness (QED) is 0.814. The summed E-state index contributed by atoms with van der Waals surface area (Å²) in [6.45, 7) is 7.34. The lowest BCUT2D eigenvalue weighted by atomic mass is 9.84. The number of hydrogen-bond donors (Lipinski definition) is 0. The number of methoxy groups -OCH3 is 1. The molecule has 103 valence electrons. The molecule has 1 aromatic rings. The minimum absolute atomic E-state index is 0.0957. The Labute approximate surface area is 111 Å². The van der Waals surface area contributed by atoms with Crippen molar-refractivity contribution in [1.82, 2.24) is 5.06 Å². The summed E-state index contributed by atoms with van der Waals surface area (Å²) in [7, 11) is 1.38. The average molecular weight is 265 g/mol. The summed E-state index contributed by atoms with van der Waals surface area (Å²) in [4.78, 5) is 16.1. The lowest BCUT2D eigenvalue weighted by Crippen LogP contribution is -2.50. The van der Waals surface area contributed by atoms with E-state index in [1.165, 1.54) is 19.4 Å². The van der Waals surface area contributed by atoms with E-state index in [0.717, 1.165) is 5.06 Å². The van der Waals surface area contributed by atoms with Gasteiger partial charge in [-0.05, 0) is 27.7 Å². The highest BCUT2D eigenvalue weighted by atomic mass is 16.5. The zero-order valence-electron chi connectivity index (χ0n) is 11.7. The number of rotatable bonds is 2. The molecule has 1 aliphatic heterocycles. The number of amidine groups is 1. The lowest BCUT2D eigenvalue weighted by Gasteiger charge is -2.35. The normalized spacial score (nSPS) is 20.3. The maximum Gasteiger partial charge on any atom is 0.227 e. The average Bonchev–Trinajstić information content (AvgIpc) is 2.49. The van der Waals surface area contributed by atoms with E-state index < -0.39 is 11.1 Å². The summed E-state index contributed by atoms with van der Waals surface area (Å²) >= 11 is 0. The first-order valence-electron chi connectivity index (χ1n) is 5.95. The second-order valence-electron chi connectivity index (χ2n) is 5.52. The van der Waals surface area contributed by atoms with Crippen LogP contribution in [0, 0.1) is 0 Å². The summed E-state index contributed by atoms with van der Waals surface area (Å²) in [5.41, 5.74) is -1.62. The van der Waals surface area contributed by atoms with Crippen molar-refractivity contribution in [2.24, 2.45) is 4.99 Å². The maximum absolute atomic E-state index is 12.3. The topological polar surface area (TPSA) is 74.9 Å². The molecule has 0 amide bonds. The molecule has 19 heavy (non-hydrogen) atoms. The van der Waals surface area contributed by atoms with E-state index in [1.807, 2.05) is 13.8 Å². The highest BCUT2D eigenvalue weighted by Crippen LogP contribution is 2.37. The molecule has 0 saturated heterocycles. The van der Waals surface area contributed by atoms with Gasteiger partial charge in [0.25, 0.3) is 0 Å². The first kappa shape index (κ1) is 13.6. The van der Waals surface area contributed by atoms with Crippen LogP contribution in [0.5, 0.6) is 5.75 Å². The van der Waals surface area contributed by atoms with Gasteiger partial charge in [-0.1, -0.05) is 5.21 Å². The third-order valence-corrected chi connectivity index (χ3v) is 3.82. The molecule has 0 spiro atoms. The van der Waals surface area contributed by atoms with Crippen LogP contribution in [-0.2, 0) is 5.21 Å². The Kier molecular flexibility index (Phi) is 2.93. The van der Waals surface area contributed by atoms with E-state index in [9.17, 15) is 10.0 Å². The Morgan fingerprint density at radius 3 is 2.37 bits per heavy atom. The Hall–Kier alpha value is -1.82. The molecule has 6 nitrogen and oxygen atoms in total. The van der Waals surface area contributed by atoms with Crippen LogP contribution in [0.3, 0.4) is 0 Å². The molecule has 1 radical (unpaired) electrons. The summed E-state index contributed by atoms with van der Waals surface area (Å²) in [5, 5.41) is 13.1. The lowest BCUT2D eigenvalue weighted by molar-refractivity contribution is -0.158. The fourth-order valence-electron chi connectivity index (χ4n) is 1.78. The second kappa shape index (κ2) is 4.09. The van der Waals surface area contributed by atoms with Crippen molar-refractivity contribution in [2.75, 3.05) is 7.11 Å². The van der Waals surface area contributed by atoms with E-state index in [4.69, 9.17) is 9.15 Å². The van der Waals surface area contributed by atoms with Gasteiger partial charge in [0, 0.05) is 6.07 Å². The SMILES string of the molecule is COc1coc(C2=NC(C)(C)C(C)(C)N2[O])cc1=O. The number of aliphatic imine (C=N–C) groups is 1. The van der Waals surface area contributed by atoms with Gasteiger partial charge in [0.15, 0.2) is 11.6 Å². The molecule has 0 saturated carbocycles. The van der Waals surface area contributed by atoms with Gasteiger partial charge in [0.1, 0.15) is 6.26 Å². The van der Waals surface area contributed by atoms with Gasteiger partial charge < -0.3 is 9.15 Å². The molecule has 0 atom stereocenters. The largest absolute Gasteiger partial charge is 0.490 e. The zero-order chi connectivity index (χ0) is 14.4. The number of nitrogens with zero attached hydrogens (tertiary/aromatic N) is 2. The highest BCUT2D eigenvalue weighted by Gasteiger charge is 2.50. The van der Waals surface area contributed by atoms with Gasteiger partial charge in [-0.2, -0.15) is 5.06 Å². The van der Waals surface area contributed by atoms with Gasteiger partial charge in [-0.3, -0.25) is 9.79 Å². The molecule has 6 heteroatoms. The van der Waals surface area contributed by atoms with Gasteiger partial charge in [0.2, 0.25) is 11.2 Å². The summed E-state index contributed by atoms with van der Waals surface area (Å²) in [6, 6.07) is 1.22. The number of ether oxygens (including phenoxy) is 1. The van der Waals surface area contributed by atoms with Gasteiger partial charge in [-0.15, -0.1) is 0 Å². The smallest absolute Gasteiger partial charge is 0.227 e. The van der Waals surface area contributed by atoms with Crippen molar-refractivity contribution in [3.05, 3.63) is 28.3 Å². The fraction of sp³-hybridized carbons (Fsp3) is 0.538. The minimum Gasteiger partial charge on any atom is -0.490 e.